The third-order valence-electron chi connectivity index (χ3n) is 5.27. The van der Waals surface area contributed by atoms with E-state index in [-0.39, 0.29) is 0 Å². The van der Waals surface area contributed by atoms with E-state index < -0.39 is 0 Å². The zero-order chi connectivity index (χ0) is 17.6. The number of hydrogen-bond donors (Lipinski definition) is 1. The van der Waals surface area contributed by atoms with Crippen LogP contribution in [-0.2, 0) is 7.05 Å². The zero-order valence-corrected chi connectivity index (χ0v) is 15.2. The Hall–Kier alpha value is -2.37. The maximum atomic E-state index is 6.30. The van der Waals surface area contributed by atoms with Gasteiger partial charge < -0.3 is 20.1 Å². The second kappa shape index (κ2) is 6.17. The van der Waals surface area contributed by atoms with E-state index in [1.54, 1.807) is 7.11 Å². The van der Waals surface area contributed by atoms with Crippen molar-refractivity contribution < 1.29 is 9.47 Å². The molecule has 0 amide bonds. The summed E-state index contributed by atoms with van der Waals surface area (Å²) in [5.41, 5.74) is 11.6. The number of nitrogens with zero attached hydrogens (tertiary/aromatic N) is 3. The van der Waals surface area contributed by atoms with Crippen LogP contribution in [0.2, 0.25) is 0 Å². The van der Waals surface area contributed by atoms with Crippen LogP contribution in [0.15, 0.2) is 12.1 Å². The van der Waals surface area contributed by atoms with E-state index in [4.69, 9.17) is 20.3 Å². The molecule has 3 aliphatic rings. The first-order valence-electron chi connectivity index (χ1n) is 9.06. The Kier molecular flexibility index (Phi) is 3.98. The standard InChI is InChI=1S/C19H26N4O2/c1-4-9-25-19-14(20)10-13(11-15(19)24-3)17-18-16(21-22(17)2)12-5-7-23(18)8-6-12/h10-12H,4-9,20H2,1-3H3. The van der Waals surface area contributed by atoms with Crippen molar-refractivity contribution in [2.75, 3.05) is 37.4 Å². The average Bonchev–Trinajstić information content (AvgIpc) is 3.00. The second-order valence-corrected chi connectivity index (χ2v) is 6.91. The normalized spacial score (nSPS) is 16.2. The van der Waals surface area contributed by atoms with Crippen molar-refractivity contribution in [2.24, 2.45) is 7.05 Å². The third kappa shape index (κ3) is 2.51. The summed E-state index contributed by atoms with van der Waals surface area (Å²) in [7, 11) is 3.67. The van der Waals surface area contributed by atoms with Crippen LogP contribution >= 0.6 is 0 Å². The van der Waals surface area contributed by atoms with Gasteiger partial charge in [0.2, 0.25) is 0 Å². The van der Waals surface area contributed by atoms with Crippen LogP contribution in [0.1, 0.15) is 37.8 Å². The molecular weight excluding hydrogens is 316 g/mol. The van der Waals surface area contributed by atoms with Crippen LogP contribution in [0, 0.1) is 0 Å². The molecule has 6 nitrogen and oxygen atoms in total. The van der Waals surface area contributed by atoms with Gasteiger partial charge in [-0.15, -0.1) is 0 Å². The summed E-state index contributed by atoms with van der Waals surface area (Å²) in [5.74, 6) is 1.90. The number of aromatic nitrogens is 2. The molecule has 0 saturated carbocycles. The van der Waals surface area contributed by atoms with Gasteiger partial charge in [-0.3, -0.25) is 4.68 Å². The van der Waals surface area contributed by atoms with Gasteiger partial charge in [0.15, 0.2) is 11.5 Å². The van der Waals surface area contributed by atoms with Gasteiger partial charge in [0.05, 0.1) is 36.5 Å². The quantitative estimate of drug-likeness (QED) is 0.846. The molecule has 0 aliphatic carbocycles. The molecule has 1 saturated heterocycles. The maximum absolute atomic E-state index is 6.30. The SMILES string of the molecule is CCCOc1c(N)cc(-c2c3c(nn2C)C2CCN3CC2)cc1OC. The second-order valence-electron chi connectivity index (χ2n) is 6.91. The molecule has 1 fully saturated rings. The topological polar surface area (TPSA) is 65.5 Å². The number of rotatable bonds is 5. The molecule has 0 unspecified atom stereocenters. The molecule has 25 heavy (non-hydrogen) atoms. The van der Waals surface area contributed by atoms with Crippen molar-refractivity contribution in [2.45, 2.75) is 32.1 Å². The Morgan fingerprint density at radius 3 is 2.72 bits per heavy atom. The molecule has 3 aliphatic heterocycles. The number of ether oxygens (including phenoxy) is 2. The van der Waals surface area contributed by atoms with Crippen LogP contribution in [0.4, 0.5) is 11.4 Å². The number of piperidine rings is 1. The van der Waals surface area contributed by atoms with Crippen LogP contribution < -0.4 is 20.1 Å². The van der Waals surface area contributed by atoms with Crippen molar-refractivity contribution >= 4 is 11.4 Å². The van der Waals surface area contributed by atoms with Crippen molar-refractivity contribution in [3.8, 4) is 22.8 Å². The number of methoxy groups -OCH3 is 1. The molecule has 2 bridgehead atoms. The lowest BCUT2D eigenvalue weighted by Crippen LogP contribution is -2.38. The monoisotopic (exact) mass is 342 g/mol. The molecular formula is C19H26N4O2. The first-order valence-corrected chi connectivity index (χ1v) is 9.06. The Morgan fingerprint density at radius 2 is 2.04 bits per heavy atom. The van der Waals surface area contributed by atoms with Gasteiger partial charge in [0.1, 0.15) is 0 Å². The van der Waals surface area contributed by atoms with Crippen LogP contribution in [0.5, 0.6) is 11.5 Å². The van der Waals surface area contributed by atoms with E-state index in [0.29, 0.717) is 29.7 Å². The molecule has 6 heteroatoms. The molecule has 0 radical (unpaired) electrons. The lowest BCUT2D eigenvalue weighted by Gasteiger charge is -2.39. The number of nitrogen functional groups attached to an aromatic ring is 1. The van der Waals surface area contributed by atoms with E-state index >= 15 is 0 Å². The Bertz CT molecular complexity index is 791. The fourth-order valence-corrected chi connectivity index (χ4v) is 4.09. The van der Waals surface area contributed by atoms with Crippen LogP contribution in [-0.4, -0.2) is 36.6 Å². The van der Waals surface area contributed by atoms with Crippen LogP contribution in [0.3, 0.4) is 0 Å². The highest BCUT2D eigenvalue weighted by molar-refractivity contribution is 5.83. The summed E-state index contributed by atoms with van der Waals surface area (Å²) in [5, 5.41) is 4.83. The van der Waals surface area contributed by atoms with E-state index in [1.807, 2.05) is 23.9 Å². The molecule has 1 aromatic carbocycles. The zero-order valence-electron chi connectivity index (χ0n) is 15.2. The lowest BCUT2D eigenvalue weighted by atomic mass is 9.86. The molecule has 134 valence electrons. The summed E-state index contributed by atoms with van der Waals surface area (Å²) < 4.78 is 13.3. The van der Waals surface area contributed by atoms with Gasteiger partial charge in [-0.05, 0) is 31.4 Å². The number of nitrogens with two attached hydrogens (primary N) is 1. The van der Waals surface area contributed by atoms with Gasteiger partial charge in [0.25, 0.3) is 0 Å². The minimum absolute atomic E-state index is 0.589. The van der Waals surface area contributed by atoms with Crippen LogP contribution in [0.25, 0.3) is 11.3 Å². The van der Waals surface area contributed by atoms with E-state index in [2.05, 4.69) is 11.8 Å². The third-order valence-corrected chi connectivity index (χ3v) is 5.27. The largest absolute Gasteiger partial charge is 0.493 e. The molecule has 2 N–H and O–H groups in total. The van der Waals surface area contributed by atoms with E-state index in [9.17, 15) is 0 Å². The Morgan fingerprint density at radius 1 is 1.28 bits per heavy atom. The average molecular weight is 342 g/mol. The van der Waals surface area contributed by atoms with Gasteiger partial charge in [0, 0.05) is 31.6 Å². The summed E-state index contributed by atoms with van der Waals surface area (Å²) >= 11 is 0. The van der Waals surface area contributed by atoms with Gasteiger partial charge in [-0.2, -0.15) is 5.10 Å². The molecule has 5 rings (SSSR count). The number of hydrogen-bond acceptors (Lipinski definition) is 5. The lowest BCUT2D eigenvalue weighted by molar-refractivity contribution is 0.296. The number of anilines is 2. The summed E-state index contributed by atoms with van der Waals surface area (Å²) in [6, 6.07) is 4.00. The highest BCUT2D eigenvalue weighted by atomic mass is 16.5. The summed E-state index contributed by atoms with van der Waals surface area (Å²) in [6.07, 6.45) is 3.34. The van der Waals surface area contributed by atoms with E-state index in [0.717, 1.165) is 30.8 Å². The Balaban J connectivity index is 1.82. The highest BCUT2D eigenvalue weighted by Crippen LogP contribution is 2.48. The molecule has 0 spiro atoms. The molecule has 4 heterocycles. The summed E-state index contributed by atoms with van der Waals surface area (Å²) in [6.45, 7) is 4.92. The van der Waals surface area contributed by atoms with E-state index in [1.165, 1.54) is 24.2 Å². The number of aryl methyl sites for hydroxylation is 1. The van der Waals surface area contributed by atoms with Gasteiger partial charge >= 0.3 is 0 Å². The predicted molar refractivity (Wildman–Crippen MR) is 99.6 cm³/mol. The fourth-order valence-electron chi connectivity index (χ4n) is 4.09. The number of benzene rings is 1. The van der Waals surface area contributed by atoms with Gasteiger partial charge in [-0.1, -0.05) is 6.92 Å². The maximum Gasteiger partial charge on any atom is 0.184 e. The van der Waals surface area contributed by atoms with Crippen molar-refractivity contribution in [3.05, 3.63) is 17.8 Å². The van der Waals surface area contributed by atoms with Crippen molar-refractivity contribution in [1.82, 2.24) is 9.78 Å². The molecule has 2 aromatic rings. The first kappa shape index (κ1) is 16.1. The fraction of sp³-hybridized carbons (Fsp3) is 0.526. The Labute approximate surface area is 148 Å². The van der Waals surface area contributed by atoms with Gasteiger partial charge in [-0.25, -0.2) is 0 Å². The smallest absolute Gasteiger partial charge is 0.184 e. The van der Waals surface area contributed by atoms with Crippen molar-refractivity contribution in [1.29, 1.82) is 0 Å². The molecule has 1 aromatic heterocycles. The first-order chi connectivity index (χ1) is 12.1. The minimum atomic E-state index is 0.589. The molecule has 0 atom stereocenters. The predicted octanol–water partition coefficient (Wildman–Crippen LogP) is 3.16. The number of fused-ring (bicyclic) bond motifs is 2. The highest BCUT2D eigenvalue weighted by Gasteiger charge is 2.36. The van der Waals surface area contributed by atoms with Crippen molar-refractivity contribution in [3.63, 3.8) is 0 Å². The summed E-state index contributed by atoms with van der Waals surface area (Å²) in [4.78, 5) is 2.46. The minimum Gasteiger partial charge on any atom is -0.493 e.